The fraction of sp³-hybridized carbons (Fsp3) is 0.500. The second kappa shape index (κ2) is 7.48. The summed E-state index contributed by atoms with van der Waals surface area (Å²) in [6.45, 7) is 2.06. The number of halogens is 1. The van der Waals surface area contributed by atoms with Crippen LogP contribution in [0.1, 0.15) is 23.7 Å². The molecular formula is C12H18ClN3OS. The van der Waals surface area contributed by atoms with Crippen molar-refractivity contribution in [2.45, 2.75) is 19.4 Å². The van der Waals surface area contributed by atoms with Crippen molar-refractivity contribution in [3.8, 4) is 0 Å². The molecule has 0 bridgehead atoms. The molecule has 4 nitrogen and oxygen atoms in total. The SMILES string of the molecule is CCC(CSC)NC(=O)c1cc(Cl)nc(NC)c1. The average Bonchev–Trinajstić information content (AvgIpc) is 2.37. The highest BCUT2D eigenvalue weighted by Gasteiger charge is 2.13. The smallest absolute Gasteiger partial charge is 0.251 e. The molecule has 100 valence electrons. The van der Waals surface area contributed by atoms with Gasteiger partial charge in [0.1, 0.15) is 11.0 Å². The van der Waals surface area contributed by atoms with Crippen LogP contribution < -0.4 is 10.6 Å². The van der Waals surface area contributed by atoms with Gasteiger partial charge in [-0.05, 0) is 24.8 Å². The Labute approximate surface area is 117 Å². The molecule has 0 aromatic carbocycles. The van der Waals surface area contributed by atoms with Crippen LogP contribution in [0, 0.1) is 0 Å². The van der Waals surface area contributed by atoms with Crippen molar-refractivity contribution in [1.82, 2.24) is 10.3 Å². The monoisotopic (exact) mass is 287 g/mol. The molecule has 1 unspecified atom stereocenters. The lowest BCUT2D eigenvalue weighted by atomic mass is 10.2. The van der Waals surface area contributed by atoms with Crippen LogP contribution >= 0.6 is 23.4 Å². The van der Waals surface area contributed by atoms with Gasteiger partial charge in [0.2, 0.25) is 0 Å². The summed E-state index contributed by atoms with van der Waals surface area (Å²) in [5.74, 6) is 1.38. The molecule has 2 N–H and O–H groups in total. The summed E-state index contributed by atoms with van der Waals surface area (Å²) in [6, 6.07) is 3.44. The molecule has 0 aliphatic carbocycles. The minimum atomic E-state index is -0.114. The van der Waals surface area contributed by atoms with Gasteiger partial charge in [0.15, 0.2) is 0 Å². The average molecular weight is 288 g/mol. The third-order valence-corrected chi connectivity index (χ3v) is 3.44. The third-order valence-electron chi connectivity index (χ3n) is 2.51. The van der Waals surface area contributed by atoms with E-state index in [1.165, 1.54) is 0 Å². The van der Waals surface area contributed by atoms with Crippen LogP contribution in [0.3, 0.4) is 0 Å². The molecule has 0 saturated heterocycles. The first-order chi connectivity index (χ1) is 8.60. The zero-order valence-electron chi connectivity index (χ0n) is 10.8. The summed E-state index contributed by atoms with van der Waals surface area (Å²) < 4.78 is 0. The summed E-state index contributed by atoms with van der Waals surface area (Å²) in [6.07, 6.45) is 2.93. The van der Waals surface area contributed by atoms with E-state index in [1.807, 2.05) is 6.26 Å². The maximum Gasteiger partial charge on any atom is 0.251 e. The van der Waals surface area contributed by atoms with Crippen molar-refractivity contribution in [1.29, 1.82) is 0 Å². The predicted molar refractivity (Wildman–Crippen MR) is 78.7 cm³/mol. The van der Waals surface area contributed by atoms with Gasteiger partial charge in [-0.3, -0.25) is 4.79 Å². The van der Waals surface area contributed by atoms with Crippen LogP contribution in [-0.4, -0.2) is 36.0 Å². The number of carbonyl (C=O) groups is 1. The van der Waals surface area contributed by atoms with Crippen molar-refractivity contribution in [3.63, 3.8) is 0 Å². The second-order valence-corrected chi connectivity index (χ2v) is 5.15. The number of carbonyl (C=O) groups excluding carboxylic acids is 1. The summed E-state index contributed by atoms with van der Waals surface area (Å²) in [4.78, 5) is 16.1. The molecule has 6 heteroatoms. The van der Waals surface area contributed by atoms with Gasteiger partial charge in [0.05, 0.1) is 0 Å². The molecule has 0 aliphatic heterocycles. The molecule has 0 radical (unpaired) electrons. The van der Waals surface area contributed by atoms with E-state index in [0.29, 0.717) is 16.5 Å². The molecule has 0 aliphatic rings. The van der Waals surface area contributed by atoms with E-state index in [1.54, 1.807) is 30.9 Å². The topological polar surface area (TPSA) is 54.0 Å². The molecule has 1 aromatic rings. The number of pyridine rings is 1. The van der Waals surface area contributed by atoms with Gasteiger partial charge in [0.25, 0.3) is 5.91 Å². The maximum absolute atomic E-state index is 12.1. The van der Waals surface area contributed by atoms with Gasteiger partial charge in [-0.15, -0.1) is 0 Å². The van der Waals surface area contributed by atoms with Crippen molar-refractivity contribution in [3.05, 3.63) is 22.8 Å². The zero-order valence-corrected chi connectivity index (χ0v) is 12.4. The number of aromatic nitrogens is 1. The lowest BCUT2D eigenvalue weighted by Crippen LogP contribution is -2.36. The van der Waals surface area contributed by atoms with Crippen molar-refractivity contribution in [2.75, 3.05) is 24.4 Å². The Hall–Kier alpha value is -0.940. The standard InChI is InChI=1S/C12H18ClN3OS/c1-4-9(7-18-3)15-12(17)8-5-10(13)16-11(6-8)14-2/h5-6,9H,4,7H2,1-3H3,(H,14,16)(H,15,17). The molecule has 1 heterocycles. The quantitative estimate of drug-likeness (QED) is 0.790. The number of hydrogen-bond donors (Lipinski definition) is 2. The Morgan fingerprint density at radius 2 is 2.28 bits per heavy atom. The Morgan fingerprint density at radius 1 is 1.56 bits per heavy atom. The van der Waals surface area contributed by atoms with E-state index in [4.69, 9.17) is 11.6 Å². The summed E-state index contributed by atoms with van der Waals surface area (Å²) >= 11 is 7.59. The molecule has 1 amide bonds. The first kappa shape index (κ1) is 15.1. The van der Waals surface area contributed by atoms with Gasteiger partial charge >= 0.3 is 0 Å². The Bertz CT molecular complexity index is 414. The minimum absolute atomic E-state index is 0.114. The second-order valence-electron chi connectivity index (χ2n) is 3.85. The van der Waals surface area contributed by atoms with Gasteiger partial charge in [-0.1, -0.05) is 18.5 Å². The number of rotatable bonds is 6. The molecule has 0 spiro atoms. The molecule has 18 heavy (non-hydrogen) atoms. The van der Waals surface area contributed by atoms with Crippen LogP contribution in [-0.2, 0) is 0 Å². The Morgan fingerprint density at radius 3 is 2.83 bits per heavy atom. The van der Waals surface area contributed by atoms with E-state index in [-0.39, 0.29) is 11.9 Å². The predicted octanol–water partition coefficient (Wildman–Crippen LogP) is 2.65. The highest BCUT2D eigenvalue weighted by Crippen LogP contribution is 2.14. The molecule has 1 atom stereocenters. The third kappa shape index (κ3) is 4.38. The van der Waals surface area contributed by atoms with Crippen LogP contribution in [0.2, 0.25) is 5.15 Å². The Kier molecular flexibility index (Phi) is 6.29. The van der Waals surface area contributed by atoms with E-state index in [0.717, 1.165) is 12.2 Å². The largest absolute Gasteiger partial charge is 0.373 e. The number of anilines is 1. The van der Waals surface area contributed by atoms with Crippen LogP contribution in [0.4, 0.5) is 5.82 Å². The molecular weight excluding hydrogens is 270 g/mol. The highest BCUT2D eigenvalue weighted by atomic mass is 35.5. The summed E-state index contributed by atoms with van der Waals surface area (Å²) in [5.41, 5.74) is 0.527. The minimum Gasteiger partial charge on any atom is -0.373 e. The lowest BCUT2D eigenvalue weighted by molar-refractivity contribution is 0.0940. The zero-order chi connectivity index (χ0) is 13.5. The van der Waals surface area contributed by atoms with Crippen molar-refractivity contribution in [2.24, 2.45) is 0 Å². The first-order valence-corrected chi connectivity index (χ1v) is 7.53. The number of hydrogen-bond acceptors (Lipinski definition) is 4. The van der Waals surface area contributed by atoms with Gasteiger partial charge in [-0.2, -0.15) is 11.8 Å². The van der Waals surface area contributed by atoms with E-state index < -0.39 is 0 Å². The van der Waals surface area contributed by atoms with Gasteiger partial charge < -0.3 is 10.6 Å². The van der Waals surface area contributed by atoms with Crippen LogP contribution in [0.25, 0.3) is 0 Å². The highest BCUT2D eigenvalue weighted by molar-refractivity contribution is 7.98. The van der Waals surface area contributed by atoms with E-state index >= 15 is 0 Å². The molecule has 0 fully saturated rings. The number of nitrogens with zero attached hydrogens (tertiary/aromatic N) is 1. The number of thioether (sulfide) groups is 1. The fourth-order valence-corrected chi connectivity index (χ4v) is 2.42. The van der Waals surface area contributed by atoms with Gasteiger partial charge in [-0.25, -0.2) is 4.98 Å². The normalized spacial score (nSPS) is 12.0. The molecule has 1 rings (SSSR count). The van der Waals surface area contributed by atoms with Crippen molar-refractivity contribution >= 4 is 35.1 Å². The van der Waals surface area contributed by atoms with Crippen molar-refractivity contribution < 1.29 is 4.79 Å². The first-order valence-electron chi connectivity index (χ1n) is 5.75. The van der Waals surface area contributed by atoms with Crippen LogP contribution in [0.5, 0.6) is 0 Å². The molecule has 0 saturated carbocycles. The summed E-state index contributed by atoms with van der Waals surface area (Å²) in [7, 11) is 1.74. The number of amides is 1. The maximum atomic E-state index is 12.1. The fourth-order valence-electron chi connectivity index (χ4n) is 1.49. The Balaban J connectivity index is 2.79. The number of nitrogens with one attached hydrogen (secondary N) is 2. The summed E-state index contributed by atoms with van der Waals surface area (Å²) in [5, 5.41) is 6.17. The lowest BCUT2D eigenvalue weighted by Gasteiger charge is -2.16. The van der Waals surface area contributed by atoms with E-state index in [9.17, 15) is 4.79 Å². The molecule has 1 aromatic heterocycles. The van der Waals surface area contributed by atoms with Crippen LogP contribution in [0.15, 0.2) is 12.1 Å². The van der Waals surface area contributed by atoms with E-state index in [2.05, 4.69) is 22.5 Å². The van der Waals surface area contributed by atoms with Gasteiger partial charge in [0, 0.05) is 24.4 Å².